The van der Waals surface area contributed by atoms with Gasteiger partial charge in [0.25, 0.3) is 0 Å². The van der Waals surface area contributed by atoms with Crippen molar-refractivity contribution in [2.75, 3.05) is 0 Å². The standard InChI is InChI=1S/4C30H19N.12C2H6/c1-2-7-20-18(6-1)16-19-11-12-21-22-13-14-24-23-8-3-4-9-27(23)31-15-5-10-28(31)30(24)26(22)17-25(21)29(19)20;1-2-7-21-18(6-1)14-19-15-26-20(16-25(19)21)17-27-22(26)11-12-24-23-8-3-4-9-28(23)31-13-5-10-29(31)30(24)27;1-2-7-22-18(6-1)14-20-17-26-21(16-25(20)22)15-19-11-12-24-23-8-3-4-9-27(23)31-13-5-10-28(31)30(24)29(19)26;1-2-7-22-18(6-1)14-20-16-21-15-19-11-12-24-23-8-3-4-9-27(23)31-13-5-10-28(31)30(24)29(19)26(21)17-25(20)22;12*1-2/h1-15H,16-17H2;1-13,15-16H,14,17H2;2*1-13,16-17H,14-15H2;12*1-2H3. The fraction of sp³-hybridized carbons (Fsp3) is 0.222. The molecule has 0 spiro atoms. The second kappa shape index (κ2) is 46.2. The Hall–Kier alpha value is -15.4. The second-order valence-electron chi connectivity index (χ2n) is 35.9. The fourth-order valence-corrected chi connectivity index (χ4v) is 24.6. The summed E-state index contributed by atoms with van der Waals surface area (Å²) in [4.78, 5) is 0. The van der Waals surface area contributed by atoms with Crippen molar-refractivity contribution in [3.63, 3.8) is 0 Å². The van der Waals surface area contributed by atoms with Crippen LogP contribution in [0.2, 0.25) is 0 Å². The highest BCUT2D eigenvalue weighted by Gasteiger charge is 2.35. The molecule has 0 atom stereocenters. The van der Waals surface area contributed by atoms with Crippen molar-refractivity contribution in [3.8, 4) is 89.0 Å². The number of fused-ring (bicyclic) bond motifs is 53. The summed E-state index contributed by atoms with van der Waals surface area (Å²) in [5.74, 6) is 0. The van der Waals surface area contributed by atoms with E-state index in [-0.39, 0.29) is 0 Å². The Morgan fingerprint density at radius 2 is 0.365 bits per heavy atom. The topological polar surface area (TPSA) is 17.6 Å². The zero-order valence-corrected chi connectivity index (χ0v) is 92.1. The average Bonchev–Trinajstić information content (AvgIpc) is 1.56. The Morgan fingerprint density at radius 1 is 0.128 bits per heavy atom. The van der Waals surface area contributed by atoms with Crippen LogP contribution < -0.4 is 0 Å². The SMILES string of the molecule is CC.CC.CC.CC.CC.CC.CC.CC.CC.CC.CC.CC.c1ccc2c(c1)Cc1cc3c(cc1-2)-c1c(ccc2c4ccccc4n4cccc4c12)C3.c1ccc2c(c1)Cc1cc3c(cc1-2)Cc1c-3ccc2c3ccccc3n3cccc3c12.c1ccc2c(c1)Cc1cc3c(cc1-2)Cc1ccc2c4ccccc4n4cccc4c2c1-3.c1ccc2c(c1)Cc1ccc3c(c1-2)Cc1c-3ccc2c3ccccc3n3cccc3c12. The van der Waals surface area contributed by atoms with Gasteiger partial charge in [-0.05, 0) is 354 Å². The van der Waals surface area contributed by atoms with Gasteiger partial charge in [-0.25, -0.2) is 0 Å². The molecule has 0 fully saturated rings. The van der Waals surface area contributed by atoms with Gasteiger partial charge in [0, 0.05) is 67.9 Å². The third-order valence-electron chi connectivity index (χ3n) is 29.8. The molecule has 744 valence electrons. The van der Waals surface area contributed by atoms with Gasteiger partial charge >= 0.3 is 0 Å². The number of hydrogen-bond acceptors (Lipinski definition) is 0. The molecule has 0 radical (unpaired) electrons. The molecular weight excluding hydrogens is 1790 g/mol. The molecule has 4 nitrogen and oxygen atoms in total. The van der Waals surface area contributed by atoms with Gasteiger partial charge in [0.1, 0.15) is 0 Å². The molecule has 8 heterocycles. The maximum Gasteiger partial charge on any atom is 0.0541 e. The predicted octanol–water partition coefficient (Wildman–Crippen LogP) is 41.9. The molecule has 148 heavy (non-hydrogen) atoms. The number of aromatic nitrogens is 4. The van der Waals surface area contributed by atoms with Crippen LogP contribution in [0.5, 0.6) is 0 Å². The van der Waals surface area contributed by atoms with Gasteiger partial charge in [-0.2, -0.15) is 0 Å². The highest BCUT2D eigenvalue weighted by atomic mass is 14.9. The average molecular weight is 1930 g/mol. The largest absolute Gasteiger partial charge is 0.316 e. The summed E-state index contributed by atoms with van der Waals surface area (Å²) in [5.41, 5.74) is 56.8. The lowest BCUT2D eigenvalue weighted by Crippen LogP contribution is -1.93. The Morgan fingerprint density at radius 3 is 0.770 bits per heavy atom. The van der Waals surface area contributed by atoms with E-state index < -0.39 is 0 Å². The highest BCUT2D eigenvalue weighted by Crippen LogP contribution is 2.56. The van der Waals surface area contributed by atoms with Crippen LogP contribution in [0, 0.1) is 0 Å². The zero-order chi connectivity index (χ0) is 104. The number of nitrogens with zero attached hydrogens (tertiary/aromatic N) is 4. The maximum absolute atomic E-state index is 2.49. The van der Waals surface area contributed by atoms with Gasteiger partial charge in [0.05, 0.1) is 44.1 Å². The maximum atomic E-state index is 2.49. The molecule has 8 aromatic heterocycles. The van der Waals surface area contributed by atoms with E-state index in [4.69, 9.17) is 0 Å². The Kier molecular flexibility index (Phi) is 32.4. The first-order valence-electron chi connectivity index (χ1n) is 56.2. The lowest BCUT2D eigenvalue weighted by molar-refractivity contribution is 1.21. The summed E-state index contributed by atoms with van der Waals surface area (Å²) in [6.07, 6.45) is 17.1. The number of benzene rings is 16. The van der Waals surface area contributed by atoms with Gasteiger partial charge in [0.2, 0.25) is 0 Å². The summed E-state index contributed by atoms with van der Waals surface area (Å²) in [6, 6.07) is 127. The molecule has 8 aliphatic carbocycles. The molecular formula is C144H148N4. The first-order chi connectivity index (χ1) is 73.5. The second-order valence-corrected chi connectivity index (χ2v) is 35.9. The number of para-hydroxylation sites is 4. The molecule has 0 saturated heterocycles. The van der Waals surface area contributed by atoms with E-state index in [1.165, 1.54) is 287 Å². The monoisotopic (exact) mass is 1930 g/mol. The van der Waals surface area contributed by atoms with E-state index >= 15 is 0 Å². The number of pyridine rings is 4. The van der Waals surface area contributed by atoms with Gasteiger partial charge in [-0.3, -0.25) is 0 Å². The predicted molar refractivity (Wildman–Crippen MR) is 652 cm³/mol. The van der Waals surface area contributed by atoms with Crippen molar-refractivity contribution in [2.24, 2.45) is 0 Å². The van der Waals surface area contributed by atoms with Crippen molar-refractivity contribution in [1.82, 2.24) is 17.6 Å². The molecule has 8 aliphatic rings. The highest BCUT2D eigenvalue weighted by molar-refractivity contribution is 6.23. The van der Waals surface area contributed by atoms with E-state index in [0.29, 0.717) is 0 Å². The minimum atomic E-state index is 1.01. The van der Waals surface area contributed by atoms with Crippen LogP contribution in [0.4, 0.5) is 0 Å². The summed E-state index contributed by atoms with van der Waals surface area (Å²) in [5, 5.41) is 16.4. The van der Waals surface area contributed by atoms with Crippen LogP contribution in [0.3, 0.4) is 0 Å². The Bertz CT molecular complexity index is 9010. The first-order valence-corrected chi connectivity index (χ1v) is 56.2. The number of rotatable bonds is 0. The Labute approximate surface area is 880 Å². The minimum absolute atomic E-state index is 1.01. The van der Waals surface area contributed by atoms with E-state index in [1.807, 2.05) is 166 Å². The van der Waals surface area contributed by atoms with Gasteiger partial charge in [0.15, 0.2) is 0 Å². The third-order valence-corrected chi connectivity index (χ3v) is 29.8. The Balaban J connectivity index is 0.000000126. The molecule has 4 heteroatoms. The molecule has 0 bridgehead atoms. The fourth-order valence-electron chi connectivity index (χ4n) is 24.6. The summed E-state index contributed by atoms with van der Waals surface area (Å²) >= 11 is 0. The van der Waals surface area contributed by atoms with Gasteiger partial charge in [-0.15, -0.1) is 0 Å². The quantitative estimate of drug-likeness (QED) is 0.135. The van der Waals surface area contributed by atoms with E-state index in [2.05, 4.69) is 382 Å². The first kappa shape index (κ1) is 104. The van der Waals surface area contributed by atoms with Gasteiger partial charge in [-0.1, -0.05) is 403 Å². The van der Waals surface area contributed by atoms with Crippen molar-refractivity contribution in [2.45, 2.75) is 218 Å². The van der Waals surface area contributed by atoms with Crippen molar-refractivity contribution < 1.29 is 0 Å². The molecule has 24 aromatic rings. The molecule has 0 unspecified atom stereocenters. The van der Waals surface area contributed by atoms with Gasteiger partial charge < -0.3 is 17.6 Å². The van der Waals surface area contributed by atoms with E-state index in [9.17, 15) is 0 Å². The van der Waals surface area contributed by atoms with Crippen molar-refractivity contribution in [3.05, 3.63) is 454 Å². The van der Waals surface area contributed by atoms with Crippen LogP contribution >= 0.6 is 0 Å². The van der Waals surface area contributed by atoms with Crippen LogP contribution in [0.15, 0.2) is 365 Å². The molecule has 0 saturated carbocycles. The molecule has 0 amide bonds. The lowest BCUT2D eigenvalue weighted by Gasteiger charge is -2.14. The van der Waals surface area contributed by atoms with Crippen LogP contribution in [0.1, 0.15) is 255 Å². The van der Waals surface area contributed by atoms with Crippen LogP contribution in [0.25, 0.3) is 198 Å². The van der Waals surface area contributed by atoms with Crippen molar-refractivity contribution >= 4 is 109 Å². The van der Waals surface area contributed by atoms with Crippen LogP contribution in [-0.4, -0.2) is 17.6 Å². The molecule has 0 N–H and O–H groups in total. The van der Waals surface area contributed by atoms with E-state index in [0.717, 1.165) is 51.4 Å². The third kappa shape index (κ3) is 17.2. The summed E-state index contributed by atoms with van der Waals surface area (Å²) in [7, 11) is 0. The summed E-state index contributed by atoms with van der Waals surface area (Å²) in [6.45, 7) is 48.0. The number of hydrogen-bond donors (Lipinski definition) is 0. The zero-order valence-electron chi connectivity index (χ0n) is 92.1. The smallest absolute Gasteiger partial charge is 0.0541 e. The molecule has 32 rings (SSSR count). The molecule has 16 aromatic carbocycles. The lowest BCUT2D eigenvalue weighted by atomic mass is 9.93. The summed E-state index contributed by atoms with van der Waals surface area (Å²) < 4.78 is 9.44. The van der Waals surface area contributed by atoms with Crippen molar-refractivity contribution in [1.29, 1.82) is 0 Å². The van der Waals surface area contributed by atoms with E-state index in [1.54, 1.807) is 0 Å². The normalized spacial score (nSPS) is 11.8. The molecule has 0 aliphatic heterocycles. The van der Waals surface area contributed by atoms with Crippen LogP contribution in [-0.2, 0) is 51.4 Å². The minimum Gasteiger partial charge on any atom is -0.316 e.